The highest BCUT2D eigenvalue weighted by Crippen LogP contribution is 2.17. The summed E-state index contributed by atoms with van der Waals surface area (Å²) in [5.41, 5.74) is 0.107. The van der Waals surface area contributed by atoms with Gasteiger partial charge in [-0.1, -0.05) is 0 Å². The fourth-order valence-electron chi connectivity index (χ4n) is 1.38. The lowest BCUT2D eigenvalue weighted by Gasteiger charge is -2.13. The van der Waals surface area contributed by atoms with E-state index in [4.69, 9.17) is 0 Å². The van der Waals surface area contributed by atoms with Crippen molar-refractivity contribution in [3.8, 4) is 5.82 Å². The Morgan fingerprint density at radius 2 is 2.12 bits per heavy atom. The molecule has 2 aromatic rings. The molecule has 0 bridgehead atoms. The van der Waals surface area contributed by atoms with Crippen LogP contribution >= 0.6 is 0 Å². The van der Waals surface area contributed by atoms with Crippen molar-refractivity contribution in [2.45, 2.75) is 19.4 Å². The first kappa shape index (κ1) is 11.5. The van der Waals surface area contributed by atoms with E-state index in [2.05, 4.69) is 10.1 Å². The number of carbonyl (C=O) groups is 1. The third-order valence-corrected chi connectivity index (χ3v) is 2.36. The van der Waals surface area contributed by atoms with Crippen LogP contribution in [0, 0.1) is 0 Å². The first-order valence-corrected chi connectivity index (χ1v) is 5.21. The number of hydrogen-bond acceptors (Lipinski definition) is 4. The lowest BCUT2D eigenvalue weighted by molar-refractivity contribution is 0.0734. The zero-order valence-electron chi connectivity index (χ0n) is 9.66. The van der Waals surface area contributed by atoms with Crippen LogP contribution in [0.25, 0.3) is 5.82 Å². The summed E-state index contributed by atoms with van der Waals surface area (Å²) in [6, 6.07) is 5.10. The summed E-state index contributed by atoms with van der Waals surface area (Å²) >= 11 is 0. The summed E-state index contributed by atoms with van der Waals surface area (Å²) in [5.74, 6) is 0.603. The smallest absolute Gasteiger partial charge is 0.153 e. The van der Waals surface area contributed by atoms with Gasteiger partial charge in [-0.05, 0) is 32.0 Å². The summed E-state index contributed by atoms with van der Waals surface area (Å²) in [4.78, 5) is 14.6. The van der Waals surface area contributed by atoms with E-state index in [1.165, 1.54) is 6.20 Å². The number of aliphatic hydroxyl groups is 1. The Balaban J connectivity index is 2.33. The molecule has 0 amide bonds. The maximum Gasteiger partial charge on any atom is 0.153 e. The van der Waals surface area contributed by atoms with Crippen LogP contribution in [0.2, 0.25) is 0 Å². The van der Waals surface area contributed by atoms with Crippen molar-refractivity contribution in [1.29, 1.82) is 0 Å². The molecule has 0 saturated heterocycles. The molecule has 0 aliphatic carbocycles. The SMILES string of the molecule is CC(C)(O)c1ccn(-c2ccc(C=O)cn2)n1. The molecular formula is C12H13N3O2. The van der Waals surface area contributed by atoms with Crippen molar-refractivity contribution in [3.05, 3.63) is 41.9 Å². The Morgan fingerprint density at radius 3 is 2.59 bits per heavy atom. The molecule has 0 saturated carbocycles. The van der Waals surface area contributed by atoms with Gasteiger partial charge in [0.05, 0.1) is 5.69 Å². The molecule has 2 rings (SSSR count). The molecule has 0 radical (unpaired) electrons. The normalized spacial score (nSPS) is 11.5. The van der Waals surface area contributed by atoms with Gasteiger partial charge in [0.25, 0.3) is 0 Å². The number of aldehydes is 1. The lowest BCUT2D eigenvalue weighted by Crippen LogP contribution is -2.16. The van der Waals surface area contributed by atoms with Crippen LogP contribution in [-0.2, 0) is 5.60 Å². The average molecular weight is 231 g/mol. The van der Waals surface area contributed by atoms with Gasteiger partial charge >= 0.3 is 0 Å². The van der Waals surface area contributed by atoms with E-state index < -0.39 is 5.60 Å². The van der Waals surface area contributed by atoms with Crippen LogP contribution in [0.1, 0.15) is 29.9 Å². The number of aromatic nitrogens is 3. The van der Waals surface area contributed by atoms with Gasteiger partial charge in [-0.2, -0.15) is 5.10 Å². The van der Waals surface area contributed by atoms with Gasteiger partial charge in [0.15, 0.2) is 12.1 Å². The second kappa shape index (κ2) is 4.10. The van der Waals surface area contributed by atoms with Crippen molar-refractivity contribution in [2.75, 3.05) is 0 Å². The molecule has 88 valence electrons. The number of carbonyl (C=O) groups excluding carboxylic acids is 1. The van der Waals surface area contributed by atoms with Gasteiger partial charge in [0.2, 0.25) is 0 Å². The first-order chi connectivity index (χ1) is 8.00. The summed E-state index contributed by atoms with van der Waals surface area (Å²) in [5, 5.41) is 14.0. The van der Waals surface area contributed by atoms with Crippen LogP contribution in [0.5, 0.6) is 0 Å². The van der Waals surface area contributed by atoms with Gasteiger partial charge in [-0.3, -0.25) is 4.79 Å². The van der Waals surface area contributed by atoms with Crippen LogP contribution in [0.4, 0.5) is 0 Å². The summed E-state index contributed by atoms with van der Waals surface area (Å²) < 4.78 is 1.56. The van der Waals surface area contributed by atoms with Crippen molar-refractivity contribution in [2.24, 2.45) is 0 Å². The highest BCUT2D eigenvalue weighted by molar-refractivity contribution is 5.74. The summed E-state index contributed by atoms with van der Waals surface area (Å²) in [6.07, 6.45) is 3.94. The monoisotopic (exact) mass is 231 g/mol. The standard InChI is InChI=1S/C12H13N3O2/c1-12(2,17)10-5-6-15(14-10)11-4-3-9(8-16)7-13-11/h3-8,17H,1-2H3. The van der Waals surface area contributed by atoms with Crippen molar-refractivity contribution >= 4 is 6.29 Å². The predicted molar refractivity (Wildman–Crippen MR) is 62.0 cm³/mol. The highest BCUT2D eigenvalue weighted by Gasteiger charge is 2.19. The second-order valence-corrected chi connectivity index (χ2v) is 4.27. The predicted octanol–water partition coefficient (Wildman–Crippen LogP) is 1.31. The zero-order valence-corrected chi connectivity index (χ0v) is 9.66. The lowest BCUT2D eigenvalue weighted by atomic mass is 10.1. The fourth-order valence-corrected chi connectivity index (χ4v) is 1.38. The maximum absolute atomic E-state index is 10.5. The minimum Gasteiger partial charge on any atom is -0.384 e. The van der Waals surface area contributed by atoms with E-state index in [1.807, 2.05) is 0 Å². The first-order valence-electron chi connectivity index (χ1n) is 5.21. The Morgan fingerprint density at radius 1 is 1.35 bits per heavy atom. The average Bonchev–Trinajstić information content (AvgIpc) is 2.78. The molecule has 5 heteroatoms. The van der Waals surface area contributed by atoms with Crippen LogP contribution < -0.4 is 0 Å². The topological polar surface area (TPSA) is 68.0 Å². The van der Waals surface area contributed by atoms with E-state index in [0.29, 0.717) is 17.1 Å². The van der Waals surface area contributed by atoms with Crippen LogP contribution in [0.3, 0.4) is 0 Å². The fraction of sp³-hybridized carbons (Fsp3) is 0.250. The molecule has 0 fully saturated rings. The van der Waals surface area contributed by atoms with Gasteiger partial charge in [-0.25, -0.2) is 9.67 Å². The van der Waals surface area contributed by atoms with Gasteiger partial charge < -0.3 is 5.11 Å². The van der Waals surface area contributed by atoms with Crippen molar-refractivity contribution < 1.29 is 9.90 Å². The molecule has 0 atom stereocenters. The number of pyridine rings is 1. The minimum absolute atomic E-state index is 0.517. The third kappa shape index (κ3) is 2.39. The minimum atomic E-state index is -0.978. The third-order valence-electron chi connectivity index (χ3n) is 2.36. The Labute approximate surface area is 98.7 Å². The maximum atomic E-state index is 10.5. The summed E-state index contributed by atoms with van der Waals surface area (Å²) in [7, 11) is 0. The molecule has 0 spiro atoms. The van der Waals surface area contributed by atoms with Crippen LogP contribution in [-0.4, -0.2) is 26.2 Å². The van der Waals surface area contributed by atoms with Crippen LogP contribution in [0.15, 0.2) is 30.6 Å². The molecule has 0 aliphatic heterocycles. The molecule has 0 unspecified atom stereocenters. The highest BCUT2D eigenvalue weighted by atomic mass is 16.3. The Hall–Kier alpha value is -2.01. The zero-order chi connectivity index (χ0) is 12.5. The van der Waals surface area contributed by atoms with E-state index >= 15 is 0 Å². The number of hydrogen-bond donors (Lipinski definition) is 1. The summed E-state index contributed by atoms with van der Waals surface area (Å²) in [6.45, 7) is 3.34. The Bertz CT molecular complexity index is 523. The molecule has 2 heterocycles. The molecule has 5 nitrogen and oxygen atoms in total. The Kier molecular flexibility index (Phi) is 2.77. The number of rotatable bonds is 3. The second-order valence-electron chi connectivity index (χ2n) is 4.27. The molecular weight excluding hydrogens is 218 g/mol. The van der Waals surface area contributed by atoms with E-state index in [1.54, 1.807) is 42.9 Å². The van der Waals surface area contributed by atoms with E-state index in [-0.39, 0.29) is 0 Å². The van der Waals surface area contributed by atoms with Gasteiger partial charge in [0.1, 0.15) is 5.60 Å². The molecule has 17 heavy (non-hydrogen) atoms. The molecule has 0 aromatic carbocycles. The molecule has 1 N–H and O–H groups in total. The number of nitrogens with zero attached hydrogens (tertiary/aromatic N) is 3. The molecule has 0 aliphatic rings. The van der Waals surface area contributed by atoms with E-state index in [9.17, 15) is 9.90 Å². The van der Waals surface area contributed by atoms with Crippen molar-refractivity contribution in [1.82, 2.24) is 14.8 Å². The van der Waals surface area contributed by atoms with E-state index in [0.717, 1.165) is 6.29 Å². The largest absolute Gasteiger partial charge is 0.384 e. The van der Waals surface area contributed by atoms with Crippen molar-refractivity contribution in [3.63, 3.8) is 0 Å². The molecule has 2 aromatic heterocycles. The quantitative estimate of drug-likeness (QED) is 0.808. The van der Waals surface area contributed by atoms with Gasteiger partial charge in [-0.15, -0.1) is 0 Å². The van der Waals surface area contributed by atoms with Gasteiger partial charge in [0, 0.05) is 18.0 Å².